The van der Waals surface area contributed by atoms with Crippen LogP contribution in [0, 0.1) is 5.92 Å². The number of rotatable bonds is 8. The number of piperidine rings is 1. The predicted molar refractivity (Wildman–Crippen MR) is 100 cm³/mol. The molecule has 1 saturated carbocycles. The third kappa shape index (κ3) is 4.41. The second-order valence-corrected chi connectivity index (χ2v) is 7.61. The molecule has 0 unspecified atom stereocenters. The lowest BCUT2D eigenvalue weighted by Crippen LogP contribution is -2.34. The first-order valence-corrected chi connectivity index (χ1v) is 10.0. The van der Waals surface area contributed by atoms with E-state index in [-0.39, 0.29) is 0 Å². The second kappa shape index (κ2) is 8.16. The van der Waals surface area contributed by atoms with Crippen molar-refractivity contribution in [3.8, 4) is 5.75 Å². The summed E-state index contributed by atoms with van der Waals surface area (Å²) in [7, 11) is 0. The summed E-state index contributed by atoms with van der Waals surface area (Å²) < 4.78 is 7.56. The highest BCUT2D eigenvalue weighted by Gasteiger charge is 2.29. The molecule has 6 heteroatoms. The van der Waals surface area contributed by atoms with E-state index in [1.807, 2.05) is 11.6 Å². The highest BCUT2D eigenvalue weighted by atomic mass is 16.5. The van der Waals surface area contributed by atoms with Crippen LogP contribution in [0.4, 0.5) is 0 Å². The molecule has 2 aromatic rings. The van der Waals surface area contributed by atoms with E-state index in [9.17, 15) is 0 Å². The van der Waals surface area contributed by atoms with Crippen molar-refractivity contribution in [3.05, 3.63) is 35.7 Å². The lowest BCUT2D eigenvalue weighted by Gasteiger charge is -2.31. The minimum Gasteiger partial charge on any atom is -0.494 e. The van der Waals surface area contributed by atoms with E-state index in [1.54, 1.807) is 0 Å². The summed E-state index contributed by atoms with van der Waals surface area (Å²) in [5.41, 5.74) is 1.42. The molecule has 2 heterocycles. The van der Waals surface area contributed by atoms with Gasteiger partial charge in [0, 0.05) is 0 Å². The van der Waals surface area contributed by atoms with Gasteiger partial charge in [-0.3, -0.25) is 4.90 Å². The largest absolute Gasteiger partial charge is 0.494 e. The first-order valence-electron chi connectivity index (χ1n) is 10.0. The minimum absolute atomic E-state index is 0.562. The average Bonchev–Trinajstić information content (AvgIpc) is 3.42. The van der Waals surface area contributed by atoms with Gasteiger partial charge in [-0.2, -0.15) is 0 Å². The van der Waals surface area contributed by atoms with Gasteiger partial charge in [0.2, 0.25) is 0 Å². The Hall–Kier alpha value is -1.95. The molecular weight excluding hydrogens is 326 g/mol. The maximum Gasteiger partial charge on any atom is 0.165 e. The number of hydrogen-bond donors (Lipinski definition) is 0. The topological polar surface area (TPSA) is 56.1 Å². The summed E-state index contributed by atoms with van der Waals surface area (Å²) in [6, 6.07) is 9.15. The summed E-state index contributed by atoms with van der Waals surface area (Å²) in [6.07, 6.45) is 7.46. The lowest BCUT2D eigenvalue weighted by atomic mass is 9.90. The normalized spacial score (nSPS) is 19.0. The first kappa shape index (κ1) is 17.5. The number of benzene rings is 1. The molecule has 0 spiro atoms. The van der Waals surface area contributed by atoms with Gasteiger partial charge in [-0.05, 0) is 92.6 Å². The standard InChI is InChI=1S/C20H29N5O/c1-2-26-19-9-5-16(6-10-19)3-4-17-11-13-24(14-12-17)15-20-21-22-23-25(20)18-7-8-18/h5-6,9-10,17-18H,2-4,7-8,11-15H2,1H3. The molecular formula is C20H29N5O. The molecule has 1 aliphatic carbocycles. The quantitative estimate of drug-likeness (QED) is 0.727. The SMILES string of the molecule is CCOc1ccc(CCC2CCN(Cc3nnnn3C3CC3)CC2)cc1. The van der Waals surface area contributed by atoms with Gasteiger partial charge in [0.25, 0.3) is 0 Å². The van der Waals surface area contributed by atoms with Crippen LogP contribution in [0.5, 0.6) is 5.75 Å². The predicted octanol–water partition coefficient (Wildman–Crippen LogP) is 3.25. The van der Waals surface area contributed by atoms with E-state index in [0.29, 0.717) is 6.04 Å². The summed E-state index contributed by atoms with van der Waals surface area (Å²) in [5, 5.41) is 12.3. The molecule has 2 fully saturated rings. The Morgan fingerprint density at radius 1 is 1.08 bits per heavy atom. The van der Waals surface area contributed by atoms with E-state index in [2.05, 4.69) is 44.7 Å². The van der Waals surface area contributed by atoms with Crippen molar-refractivity contribution in [2.75, 3.05) is 19.7 Å². The van der Waals surface area contributed by atoms with E-state index < -0.39 is 0 Å². The van der Waals surface area contributed by atoms with E-state index in [0.717, 1.165) is 50.2 Å². The van der Waals surface area contributed by atoms with Crippen molar-refractivity contribution in [3.63, 3.8) is 0 Å². The molecule has 0 bridgehead atoms. The Morgan fingerprint density at radius 3 is 2.54 bits per heavy atom. The molecule has 26 heavy (non-hydrogen) atoms. The third-order valence-corrected chi connectivity index (χ3v) is 5.60. The number of tetrazole rings is 1. The monoisotopic (exact) mass is 355 g/mol. The lowest BCUT2D eigenvalue weighted by molar-refractivity contribution is 0.166. The molecule has 0 amide bonds. The zero-order valence-electron chi connectivity index (χ0n) is 15.7. The van der Waals surface area contributed by atoms with Gasteiger partial charge in [0.05, 0.1) is 19.2 Å². The minimum atomic E-state index is 0.562. The van der Waals surface area contributed by atoms with Crippen molar-refractivity contribution >= 4 is 0 Å². The van der Waals surface area contributed by atoms with Crippen LogP contribution in [0.1, 0.15) is 56.5 Å². The van der Waals surface area contributed by atoms with Gasteiger partial charge in [0.1, 0.15) is 5.75 Å². The average molecular weight is 355 g/mol. The molecule has 1 aromatic carbocycles. The Bertz CT molecular complexity index is 686. The fraction of sp³-hybridized carbons (Fsp3) is 0.650. The molecule has 1 aliphatic heterocycles. The number of ether oxygens (including phenoxy) is 1. The Kier molecular flexibility index (Phi) is 5.48. The van der Waals surface area contributed by atoms with Crippen LogP contribution in [-0.2, 0) is 13.0 Å². The Balaban J connectivity index is 1.20. The molecule has 4 rings (SSSR count). The van der Waals surface area contributed by atoms with Crippen molar-refractivity contribution in [1.82, 2.24) is 25.1 Å². The summed E-state index contributed by atoms with van der Waals surface area (Å²) >= 11 is 0. The van der Waals surface area contributed by atoms with Crippen molar-refractivity contribution < 1.29 is 4.74 Å². The number of aryl methyl sites for hydroxylation is 1. The van der Waals surface area contributed by atoms with Crippen LogP contribution in [-0.4, -0.2) is 44.8 Å². The summed E-state index contributed by atoms with van der Waals surface area (Å²) in [5.74, 6) is 2.84. The zero-order valence-corrected chi connectivity index (χ0v) is 15.7. The fourth-order valence-corrected chi connectivity index (χ4v) is 3.84. The first-order chi connectivity index (χ1) is 12.8. The van der Waals surface area contributed by atoms with Crippen molar-refractivity contribution in [2.24, 2.45) is 5.92 Å². The van der Waals surface area contributed by atoms with Crippen LogP contribution in [0.3, 0.4) is 0 Å². The van der Waals surface area contributed by atoms with Crippen LogP contribution < -0.4 is 4.74 Å². The number of likely N-dealkylation sites (tertiary alicyclic amines) is 1. The van der Waals surface area contributed by atoms with E-state index >= 15 is 0 Å². The van der Waals surface area contributed by atoms with E-state index in [1.165, 1.54) is 37.7 Å². The molecule has 0 radical (unpaired) electrons. The smallest absolute Gasteiger partial charge is 0.165 e. The molecule has 0 atom stereocenters. The van der Waals surface area contributed by atoms with Gasteiger partial charge in [-0.1, -0.05) is 12.1 Å². The molecule has 2 aliphatic rings. The number of nitrogens with zero attached hydrogens (tertiary/aromatic N) is 5. The van der Waals surface area contributed by atoms with Gasteiger partial charge in [-0.15, -0.1) is 5.10 Å². The second-order valence-electron chi connectivity index (χ2n) is 7.61. The third-order valence-electron chi connectivity index (χ3n) is 5.60. The number of aromatic nitrogens is 4. The van der Waals surface area contributed by atoms with Crippen molar-refractivity contribution in [1.29, 1.82) is 0 Å². The Labute approximate surface area is 155 Å². The highest BCUT2D eigenvalue weighted by Crippen LogP contribution is 2.34. The Morgan fingerprint density at radius 2 is 1.85 bits per heavy atom. The van der Waals surface area contributed by atoms with E-state index in [4.69, 9.17) is 4.74 Å². The molecule has 0 N–H and O–H groups in total. The maximum atomic E-state index is 5.52. The summed E-state index contributed by atoms with van der Waals surface area (Å²) in [6.45, 7) is 5.96. The van der Waals surface area contributed by atoms with Crippen LogP contribution in [0.15, 0.2) is 24.3 Å². The van der Waals surface area contributed by atoms with Crippen LogP contribution >= 0.6 is 0 Å². The fourth-order valence-electron chi connectivity index (χ4n) is 3.84. The van der Waals surface area contributed by atoms with Gasteiger partial charge >= 0.3 is 0 Å². The zero-order chi connectivity index (χ0) is 17.8. The highest BCUT2D eigenvalue weighted by molar-refractivity contribution is 5.27. The van der Waals surface area contributed by atoms with Crippen LogP contribution in [0.2, 0.25) is 0 Å². The van der Waals surface area contributed by atoms with Crippen LogP contribution in [0.25, 0.3) is 0 Å². The molecule has 6 nitrogen and oxygen atoms in total. The molecule has 1 saturated heterocycles. The summed E-state index contributed by atoms with van der Waals surface area (Å²) in [4.78, 5) is 2.51. The number of hydrogen-bond acceptors (Lipinski definition) is 5. The van der Waals surface area contributed by atoms with Gasteiger partial charge in [0.15, 0.2) is 5.82 Å². The van der Waals surface area contributed by atoms with Gasteiger partial charge in [-0.25, -0.2) is 4.68 Å². The molecule has 140 valence electrons. The molecule has 1 aromatic heterocycles. The van der Waals surface area contributed by atoms with Crippen molar-refractivity contribution in [2.45, 2.75) is 58.0 Å². The maximum absolute atomic E-state index is 5.52. The van der Waals surface area contributed by atoms with Gasteiger partial charge < -0.3 is 4.74 Å².